The molecule has 1 N–H and O–H groups in total. The number of hydrogen-bond acceptors (Lipinski definition) is 3. The fraction of sp³-hybridized carbons (Fsp3) is 0.333. The molecular weight excluding hydrogens is 330 g/mol. The van der Waals surface area contributed by atoms with E-state index in [1.54, 1.807) is 7.05 Å². The van der Waals surface area contributed by atoms with Crippen molar-refractivity contribution in [2.24, 2.45) is 0 Å². The van der Waals surface area contributed by atoms with Gasteiger partial charge in [-0.2, -0.15) is 0 Å². The van der Waals surface area contributed by atoms with Crippen molar-refractivity contribution < 1.29 is 19.4 Å². The highest BCUT2D eigenvalue weighted by Gasteiger charge is 2.30. The Morgan fingerprint density at radius 1 is 1.08 bits per heavy atom. The Labute approximate surface area is 153 Å². The van der Waals surface area contributed by atoms with Crippen molar-refractivity contribution in [1.82, 2.24) is 4.90 Å². The molecule has 1 atom stereocenters. The van der Waals surface area contributed by atoms with E-state index in [1.165, 1.54) is 16.0 Å². The van der Waals surface area contributed by atoms with Crippen LogP contribution in [0.4, 0.5) is 4.79 Å². The first-order chi connectivity index (χ1) is 12.5. The van der Waals surface area contributed by atoms with E-state index in [9.17, 15) is 9.59 Å². The molecule has 0 radical (unpaired) electrons. The van der Waals surface area contributed by atoms with E-state index in [0.717, 1.165) is 11.1 Å². The van der Waals surface area contributed by atoms with Crippen LogP contribution in [0.15, 0.2) is 48.5 Å². The van der Waals surface area contributed by atoms with Gasteiger partial charge in [-0.15, -0.1) is 0 Å². The number of benzene rings is 2. The van der Waals surface area contributed by atoms with Gasteiger partial charge >= 0.3 is 12.1 Å². The Morgan fingerprint density at radius 2 is 1.62 bits per heavy atom. The van der Waals surface area contributed by atoms with Crippen LogP contribution in [0, 0.1) is 0 Å². The summed E-state index contributed by atoms with van der Waals surface area (Å²) in [5.74, 6) is -0.922. The van der Waals surface area contributed by atoms with Crippen LogP contribution in [0.25, 0.3) is 11.1 Å². The van der Waals surface area contributed by atoms with Crippen molar-refractivity contribution >= 4 is 12.1 Å². The number of nitrogens with zero attached hydrogens (tertiary/aromatic N) is 1. The molecule has 0 saturated heterocycles. The number of ether oxygens (including phenoxy) is 1. The average molecular weight is 353 g/mol. The molecule has 3 rings (SSSR count). The predicted molar refractivity (Wildman–Crippen MR) is 99.2 cm³/mol. The molecule has 5 nitrogen and oxygen atoms in total. The van der Waals surface area contributed by atoms with Crippen molar-refractivity contribution in [1.29, 1.82) is 0 Å². The first-order valence-electron chi connectivity index (χ1n) is 8.82. The number of carbonyl (C=O) groups is 2. The number of rotatable bonds is 6. The molecule has 2 aromatic carbocycles. The Bertz CT molecular complexity index is 772. The molecule has 136 valence electrons. The maximum Gasteiger partial charge on any atom is 0.409 e. The summed E-state index contributed by atoms with van der Waals surface area (Å²) in [6, 6.07) is 15.9. The molecule has 1 aliphatic rings. The lowest BCUT2D eigenvalue weighted by Gasteiger charge is -2.26. The van der Waals surface area contributed by atoms with Gasteiger partial charge < -0.3 is 14.7 Å². The Hall–Kier alpha value is -2.82. The van der Waals surface area contributed by atoms with Crippen LogP contribution in [0.5, 0.6) is 0 Å². The highest BCUT2D eigenvalue weighted by atomic mass is 16.6. The zero-order valence-electron chi connectivity index (χ0n) is 15.0. The highest BCUT2D eigenvalue weighted by Crippen LogP contribution is 2.44. The molecule has 2 aromatic rings. The van der Waals surface area contributed by atoms with Gasteiger partial charge in [-0.3, -0.25) is 4.79 Å². The Morgan fingerprint density at radius 3 is 2.12 bits per heavy atom. The van der Waals surface area contributed by atoms with Crippen LogP contribution in [0.2, 0.25) is 0 Å². The number of amides is 1. The van der Waals surface area contributed by atoms with Crippen LogP contribution in [0.3, 0.4) is 0 Å². The first kappa shape index (κ1) is 18.0. The number of carboxylic acids is 1. The second-order valence-electron chi connectivity index (χ2n) is 6.57. The molecule has 0 heterocycles. The van der Waals surface area contributed by atoms with Crippen LogP contribution in [-0.4, -0.2) is 41.8 Å². The van der Waals surface area contributed by atoms with Gasteiger partial charge in [-0.25, -0.2) is 4.79 Å². The normalized spacial score (nSPS) is 13.6. The molecule has 1 amide bonds. The maximum absolute atomic E-state index is 12.4. The van der Waals surface area contributed by atoms with E-state index in [4.69, 9.17) is 9.84 Å². The quantitative estimate of drug-likeness (QED) is 0.848. The summed E-state index contributed by atoms with van der Waals surface area (Å²) in [5, 5.41) is 8.99. The van der Waals surface area contributed by atoms with E-state index >= 15 is 0 Å². The Kier molecular flexibility index (Phi) is 5.26. The molecule has 0 spiro atoms. The van der Waals surface area contributed by atoms with Crippen LogP contribution >= 0.6 is 0 Å². The maximum atomic E-state index is 12.4. The molecule has 0 bridgehead atoms. The van der Waals surface area contributed by atoms with Crippen LogP contribution < -0.4 is 0 Å². The average Bonchev–Trinajstić information content (AvgIpc) is 2.97. The number of carboxylic acid groups (broad SMARTS) is 1. The lowest BCUT2D eigenvalue weighted by Crippen LogP contribution is -2.39. The minimum absolute atomic E-state index is 0.000648. The van der Waals surface area contributed by atoms with E-state index < -0.39 is 12.1 Å². The standard InChI is InChI=1S/C21H23NO4/c1-3-14(12-20(23)24)22(2)21(25)26-13-19-17-10-6-4-8-15(17)16-9-5-7-11-18(16)19/h4-11,14,19H,3,12-13H2,1-2H3,(H,23,24). The van der Waals surface area contributed by atoms with E-state index in [-0.39, 0.29) is 25.0 Å². The molecule has 0 aromatic heterocycles. The molecule has 1 aliphatic carbocycles. The minimum Gasteiger partial charge on any atom is -0.481 e. The number of carbonyl (C=O) groups excluding carboxylic acids is 1. The zero-order chi connectivity index (χ0) is 18.7. The second kappa shape index (κ2) is 7.60. The number of aliphatic carboxylic acids is 1. The first-order valence-corrected chi connectivity index (χ1v) is 8.82. The van der Waals surface area contributed by atoms with Gasteiger partial charge in [0.1, 0.15) is 6.61 Å². The van der Waals surface area contributed by atoms with Crippen molar-refractivity contribution in [2.45, 2.75) is 31.7 Å². The minimum atomic E-state index is -0.921. The third-order valence-electron chi connectivity index (χ3n) is 5.05. The van der Waals surface area contributed by atoms with Gasteiger partial charge in [-0.05, 0) is 28.7 Å². The summed E-state index contributed by atoms with van der Waals surface area (Å²) in [6.07, 6.45) is -0.00977. The fourth-order valence-corrected chi connectivity index (χ4v) is 3.60. The topological polar surface area (TPSA) is 66.8 Å². The molecule has 1 unspecified atom stereocenters. The molecule has 26 heavy (non-hydrogen) atoms. The summed E-state index contributed by atoms with van der Waals surface area (Å²) in [4.78, 5) is 24.8. The third-order valence-corrected chi connectivity index (χ3v) is 5.05. The van der Waals surface area contributed by atoms with E-state index in [2.05, 4.69) is 24.3 Å². The van der Waals surface area contributed by atoms with Crippen molar-refractivity contribution in [3.05, 3.63) is 59.7 Å². The van der Waals surface area contributed by atoms with E-state index in [0.29, 0.717) is 6.42 Å². The lowest BCUT2D eigenvalue weighted by atomic mass is 9.98. The lowest BCUT2D eigenvalue weighted by molar-refractivity contribution is -0.138. The van der Waals surface area contributed by atoms with Gasteiger partial charge in [0.15, 0.2) is 0 Å². The smallest absolute Gasteiger partial charge is 0.409 e. The molecular formula is C21H23NO4. The predicted octanol–water partition coefficient (Wildman–Crippen LogP) is 4.12. The van der Waals surface area contributed by atoms with Crippen molar-refractivity contribution in [3.63, 3.8) is 0 Å². The molecule has 0 fully saturated rings. The van der Waals surface area contributed by atoms with Crippen molar-refractivity contribution in [3.8, 4) is 11.1 Å². The SMILES string of the molecule is CCC(CC(=O)O)N(C)C(=O)OCC1c2ccccc2-c2ccccc21. The van der Waals surface area contributed by atoms with Gasteiger partial charge in [0.2, 0.25) is 0 Å². The molecule has 0 saturated carbocycles. The monoisotopic (exact) mass is 353 g/mol. The zero-order valence-corrected chi connectivity index (χ0v) is 15.0. The largest absolute Gasteiger partial charge is 0.481 e. The molecule has 5 heteroatoms. The van der Waals surface area contributed by atoms with Crippen LogP contribution in [-0.2, 0) is 9.53 Å². The number of fused-ring (bicyclic) bond motifs is 3. The van der Waals surface area contributed by atoms with Gasteiger partial charge in [0, 0.05) is 19.0 Å². The molecule has 0 aliphatic heterocycles. The van der Waals surface area contributed by atoms with Gasteiger partial charge in [0.25, 0.3) is 0 Å². The number of hydrogen-bond donors (Lipinski definition) is 1. The van der Waals surface area contributed by atoms with E-state index in [1.807, 2.05) is 31.2 Å². The van der Waals surface area contributed by atoms with Crippen LogP contribution in [0.1, 0.15) is 36.8 Å². The summed E-state index contributed by atoms with van der Waals surface area (Å²) >= 11 is 0. The second-order valence-corrected chi connectivity index (χ2v) is 6.57. The summed E-state index contributed by atoms with van der Waals surface area (Å²) in [6.45, 7) is 2.10. The van der Waals surface area contributed by atoms with Gasteiger partial charge in [0.05, 0.1) is 6.42 Å². The fourth-order valence-electron chi connectivity index (χ4n) is 3.60. The van der Waals surface area contributed by atoms with Gasteiger partial charge in [-0.1, -0.05) is 55.5 Å². The summed E-state index contributed by atoms with van der Waals surface area (Å²) in [5.41, 5.74) is 4.66. The highest BCUT2D eigenvalue weighted by molar-refractivity contribution is 5.79. The third kappa shape index (κ3) is 3.43. The summed E-state index contributed by atoms with van der Waals surface area (Å²) in [7, 11) is 1.59. The Balaban J connectivity index is 1.73. The summed E-state index contributed by atoms with van der Waals surface area (Å²) < 4.78 is 5.56. The van der Waals surface area contributed by atoms with Crippen molar-refractivity contribution in [2.75, 3.05) is 13.7 Å².